The number of tetrazole rings is 1. The van der Waals surface area contributed by atoms with Crippen LogP contribution in [0.2, 0.25) is 0 Å². The number of fused-ring (bicyclic) bond motifs is 3. The summed E-state index contributed by atoms with van der Waals surface area (Å²) in [6, 6.07) is -0.170. The second kappa shape index (κ2) is 13.6. The Morgan fingerprint density at radius 3 is 2.40 bits per heavy atom. The van der Waals surface area contributed by atoms with Crippen LogP contribution in [-0.4, -0.2) is 69.3 Å². The van der Waals surface area contributed by atoms with E-state index < -0.39 is 22.7 Å². The fraction of sp³-hybridized carbons (Fsp3) is 0.905. The minimum absolute atomic E-state index is 0.114. The van der Waals surface area contributed by atoms with Crippen molar-refractivity contribution >= 4 is 11.9 Å². The van der Waals surface area contributed by atoms with Crippen molar-refractivity contribution in [2.45, 2.75) is 146 Å². The van der Waals surface area contributed by atoms with Crippen LogP contribution in [0.1, 0.15) is 134 Å². The molecule has 52 heavy (non-hydrogen) atoms. The van der Waals surface area contributed by atoms with Gasteiger partial charge in [0, 0.05) is 11.0 Å². The Balaban J connectivity index is 1.48. The number of carbonyl (C=O) groups is 1. The van der Waals surface area contributed by atoms with E-state index in [1.165, 1.54) is 5.57 Å². The summed E-state index contributed by atoms with van der Waals surface area (Å²) in [5.41, 5.74) is 5.95. The van der Waals surface area contributed by atoms with E-state index in [0.717, 1.165) is 51.5 Å². The molecular weight excluding hydrogens is 653 g/mol. The molecule has 1 aromatic rings. The molecule has 12 atom stereocenters. The minimum Gasteiger partial charge on any atom is -0.481 e. The molecule has 3 saturated carbocycles. The van der Waals surface area contributed by atoms with Crippen molar-refractivity contribution in [1.29, 1.82) is 0 Å². The maximum absolute atomic E-state index is 13.6. The van der Waals surface area contributed by atoms with E-state index in [1.54, 1.807) is 4.80 Å². The van der Waals surface area contributed by atoms with Crippen LogP contribution in [0, 0.1) is 68.5 Å². The first-order chi connectivity index (χ1) is 24.2. The van der Waals surface area contributed by atoms with Crippen LogP contribution in [0.25, 0.3) is 0 Å². The van der Waals surface area contributed by atoms with Gasteiger partial charge in [0.1, 0.15) is 6.04 Å². The molecule has 0 aromatic carbocycles. The van der Waals surface area contributed by atoms with Gasteiger partial charge in [-0.05, 0) is 121 Å². The topological polar surface area (TPSA) is 137 Å². The standard InChI is InChI=1S/C42H72N6O4/c1-25(2)16-20-44-41(12,27(5)6)23-52-34-31(48-46-36(43)45-47-48)21-37(8)22-51-24-42(34)30-15-17-40(11)33(35(49)50)38(9,28(7)26(3)4)18-19-39(40,10)29(30)13-14-32(37)42/h15,25-29,31-34,44H,13-14,16-24H2,1-12H3,(H2,43,46)(H,49,50)/t28-,29+,31-,32-,33-,34+,37-,38-,39-,40+,41-,42+/m1/s1. The molecule has 0 unspecified atom stereocenters. The highest BCUT2D eigenvalue weighted by atomic mass is 16.5. The van der Waals surface area contributed by atoms with Crippen LogP contribution in [0.5, 0.6) is 0 Å². The van der Waals surface area contributed by atoms with Crippen molar-refractivity contribution in [3.8, 4) is 0 Å². The third-order valence-corrected chi connectivity index (χ3v) is 16.8. The van der Waals surface area contributed by atoms with E-state index in [2.05, 4.69) is 110 Å². The van der Waals surface area contributed by atoms with Crippen molar-refractivity contribution in [3.05, 3.63) is 11.6 Å². The van der Waals surface area contributed by atoms with E-state index in [-0.39, 0.29) is 45.8 Å². The predicted molar refractivity (Wildman–Crippen MR) is 205 cm³/mol. The molecule has 294 valence electrons. The fourth-order valence-corrected chi connectivity index (χ4v) is 12.8. The Morgan fingerprint density at radius 2 is 1.81 bits per heavy atom. The zero-order valence-corrected chi connectivity index (χ0v) is 34.6. The number of carboxylic acid groups (broad SMARTS) is 1. The molecular formula is C42H72N6O4. The van der Waals surface area contributed by atoms with Gasteiger partial charge < -0.3 is 25.6 Å². The normalized spacial score (nSPS) is 41.9. The largest absolute Gasteiger partial charge is 0.481 e. The molecule has 6 rings (SSSR count). The second-order valence-electron chi connectivity index (χ2n) is 20.5. The summed E-state index contributed by atoms with van der Waals surface area (Å²) in [6.07, 6.45) is 8.96. The van der Waals surface area contributed by atoms with Gasteiger partial charge in [0.2, 0.25) is 0 Å². The van der Waals surface area contributed by atoms with Gasteiger partial charge in [-0.1, -0.05) is 92.9 Å². The molecule has 5 aliphatic rings. The van der Waals surface area contributed by atoms with Gasteiger partial charge >= 0.3 is 5.97 Å². The van der Waals surface area contributed by atoms with Crippen LogP contribution in [0.3, 0.4) is 0 Å². The lowest BCUT2D eigenvalue weighted by Gasteiger charge is -2.71. The third kappa shape index (κ3) is 5.89. The Bertz CT molecular complexity index is 1510. The quantitative estimate of drug-likeness (QED) is 0.184. The lowest BCUT2D eigenvalue weighted by Crippen LogP contribution is -2.70. The van der Waals surface area contributed by atoms with E-state index in [1.807, 2.05) is 0 Å². The van der Waals surface area contributed by atoms with Crippen molar-refractivity contribution in [2.75, 3.05) is 32.1 Å². The average Bonchev–Trinajstić information content (AvgIpc) is 3.49. The van der Waals surface area contributed by atoms with E-state index in [0.29, 0.717) is 49.4 Å². The fourth-order valence-electron chi connectivity index (χ4n) is 12.8. The number of ether oxygens (including phenoxy) is 2. The van der Waals surface area contributed by atoms with Gasteiger partial charge in [0.25, 0.3) is 5.95 Å². The number of aromatic nitrogens is 4. The summed E-state index contributed by atoms with van der Waals surface area (Å²) in [6.45, 7) is 30.4. The number of nitrogens with one attached hydrogen (secondary N) is 1. The SMILES string of the molecule is CC(C)CCN[C@](C)(CO[C@H]1[C@H](n2nnc(N)n2)C[C@]2(C)COC[C@@]13C1=CC[C@@]4(C)[C@H](C(=O)O)[C@@](C)([C@H](C)C(C)C)CC[C@]4(C)[C@H]1CC[C@H]23)C(C)C. The van der Waals surface area contributed by atoms with Crippen LogP contribution >= 0.6 is 0 Å². The summed E-state index contributed by atoms with van der Waals surface area (Å²) in [7, 11) is 0. The van der Waals surface area contributed by atoms with Crippen molar-refractivity contribution in [1.82, 2.24) is 25.5 Å². The van der Waals surface area contributed by atoms with Gasteiger partial charge in [-0.3, -0.25) is 4.79 Å². The van der Waals surface area contributed by atoms with Gasteiger partial charge in [-0.2, -0.15) is 4.80 Å². The molecule has 0 amide bonds. The molecule has 2 heterocycles. The van der Waals surface area contributed by atoms with Gasteiger partial charge in [-0.15, -0.1) is 5.10 Å². The number of aliphatic carboxylic acids is 1. The van der Waals surface area contributed by atoms with Crippen LogP contribution < -0.4 is 11.1 Å². The average molecular weight is 725 g/mol. The molecule has 10 heteroatoms. The third-order valence-electron chi connectivity index (χ3n) is 16.8. The zero-order valence-electron chi connectivity index (χ0n) is 34.6. The summed E-state index contributed by atoms with van der Waals surface area (Å²) in [4.78, 5) is 15.4. The maximum Gasteiger partial charge on any atom is 0.307 e. The number of nitrogens with two attached hydrogens (primary N) is 1. The van der Waals surface area contributed by atoms with Crippen molar-refractivity contribution < 1.29 is 19.4 Å². The van der Waals surface area contributed by atoms with Crippen LogP contribution in [0.15, 0.2) is 11.6 Å². The zero-order chi connectivity index (χ0) is 38.2. The Labute approximate surface area is 314 Å². The molecule has 4 aliphatic carbocycles. The maximum atomic E-state index is 13.6. The van der Waals surface area contributed by atoms with Crippen molar-refractivity contribution in [2.24, 2.45) is 68.5 Å². The number of nitrogens with zero attached hydrogens (tertiary/aromatic N) is 4. The minimum atomic E-state index is -0.632. The molecule has 0 radical (unpaired) electrons. The van der Waals surface area contributed by atoms with Crippen LogP contribution in [-0.2, 0) is 14.3 Å². The molecule has 1 aliphatic heterocycles. The molecule has 4 fully saturated rings. The molecule has 4 N–H and O–H groups in total. The Morgan fingerprint density at radius 1 is 1.10 bits per heavy atom. The molecule has 1 aromatic heterocycles. The molecule has 0 spiro atoms. The summed E-state index contributed by atoms with van der Waals surface area (Å²) < 4.78 is 14.2. The monoisotopic (exact) mass is 725 g/mol. The first-order valence-electron chi connectivity index (χ1n) is 20.6. The first kappa shape index (κ1) is 39.6. The number of hydrogen-bond donors (Lipinski definition) is 3. The Kier molecular flexibility index (Phi) is 10.4. The summed E-state index contributed by atoms with van der Waals surface area (Å²) >= 11 is 0. The van der Waals surface area contributed by atoms with E-state index >= 15 is 0 Å². The number of nitrogen functional groups attached to an aromatic ring is 1. The Hall–Kier alpha value is -2.04. The number of carboxylic acids is 1. The summed E-state index contributed by atoms with van der Waals surface area (Å²) in [5, 5.41) is 28.4. The number of anilines is 1. The van der Waals surface area contributed by atoms with Gasteiger partial charge in [0.15, 0.2) is 0 Å². The van der Waals surface area contributed by atoms with Crippen LogP contribution in [0.4, 0.5) is 5.95 Å². The van der Waals surface area contributed by atoms with Crippen molar-refractivity contribution in [3.63, 3.8) is 0 Å². The lowest BCUT2D eigenvalue weighted by atomic mass is 9.34. The van der Waals surface area contributed by atoms with E-state index in [9.17, 15) is 9.90 Å². The molecule has 2 bridgehead atoms. The molecule has 10 nitrogen and oxygen atoms in total. The number of hydrogen-bond acceptors (Lipinski definition) is 8. The second-order valence-corrected chi connectivity index (χ2v) is 20.5. The van der Waals surface area contributed by atoms with Gasteiger partial charge in [0.05, 0.1) is 31.8 Å². The number of allylic oxidation sites excluding steroid dienone is 1. The smallest absolute Gasteiger partial charge is 0.307 e. The first-order valence-corrected chi connectivity index (χ1v) is 20.6. The highest BCUT2D eigenvalue weighted by Crippen LogP contribution is 2.75. The van der Waals surface area contributed by atoms with Gasteiger partial charge in [-0.25, -0.2) is 0 Å². The predicted octanol–water partition coefficient (Wildman–Crippen LogP) is 7.82. The van der Waals surface area contributed by atoms with E-state index in [4.69, 9.17) is 15.2 Å². The number of rotatable bonds is 12. The highest BCUT2D eigenvalue weighted by Gasteiger charge is 2.73. The molecule has 1 saturated heterocycles. The lowest BCUT2D eigenvalue weighted by molar-refractivity contribution is -0.256. The summed E-state index contributed by atoms with van der Waals surface area (Å²) in [5.74, 6) is 1.36. The highest BCUT2D eigenvalue weighted by molar-refractivity contribution is 5.73.